The van der Waals surface area contributed by atoms with Crippen LogP contribution in [0.2, 0.25) is 0 Å². The van der Waals surface area contributed by atoms with Crippen LogP contribution < -0.4 is 10.6 Å². The van der Waals surface area contributed by atoms with Crippen LogP contribution in [0, 0.1) is 0 Å². The van der Waals surface area contributed by atoms with E-state index in [-0.39, 0.29) is 24.0 Å². The molecule has 0 heterocycles. The topological polar surface area (TPSA) is 95.5 Å². The standard InChI is InChI=1S/C7H14N2O4P2S2/c10-5(1-8-6(11)3-17-15)9-4(2-16-14)7(12)13/h4H,1-3,14-15H2,(H,8,11)(H,9,10)(H,12,13). The maximum atomic E-state index is 11.3. The van der Waals surface area contributed by atoms with E-state index in [0.29, 0.717) is 0 Å². The normalized spacial score (nSPS) is 11.6. The van der Waals surface area contributed by atoms with Gasteiger partial charge in [-0.3, -0.25) is 9.59 Å². The van der Waals surface area contributed by atoms with E-state index in [9.17, 15) is 14.4 Å². The quantitative estimate of drug-likeness (QED) is 0.533. The molecule has 0 fully saturated rings. The van der Waals surface area contributed by atoms with Crippen LogP contribution >= 0.6 is 39.6 Å². The van der Waals surface area contributed by atoms with Gasteiger partial charge >= 0.3 is 5.97 Å². The predicted octanol–water partition coefficient (Wildman–Crippen LogP) is -0.281. The Morgan fingerprint density at radius 2 is 1.82 bits per heavy atom. The smallest absolute Gasteiger partial charge is 0.327 e. The lowest BCUT2D eigenvalue weighted by Crippen LogP contribution is -2.46. The Labute approximate surface area is 112 Å². The second-order valence-electron chi connectivity index (χ2n) is 2.88. The summed E-state index contributed by atoms with van der Waals surface area (Å²) in [6, 6.07) is -0.946. The number of carboxylic acids is 1. The van der Waals surface area contributed by atoms with Crippen molar-refractivity contribution in [2.24, 2.45) is 0 Å². The van der Waals surface area contributed by atoms with Crippen molar-refractivity contribution in [3.8, 4) is 0 Å². The Kier molecular flexibility index (Phi) is 9.93. The molecule has 0 aromatic heterocycles. The van der Waals surface area contributed by atoms with E-state index in [4.69, 9.17) is 5.11 Å². The summed E-state index contributed by atoms with van der Waals surface area (Å²) in [5.74, 6) is -1.39. The molecule has 0 aliphatic carbocycles. The van der Waals surface area contributed by atoms with Gasteiger partial charge in [0.25, 0.3) is 0 Å². The van der Waals surface area contributed by atoms with Crippen molar-refractivity contribution in [2.75, 3.05) is 18.1 Å². The first-order valence-corrected chi connectivity index (χ1v) is 9.36. The fraction of sp³-hybridized carbons (Fsp3) is 0.571. The zero-order valence-electron chi connectivity index (χ0n) is 8.84. The Balaban J connectivity index is 3.98. The molecule has 0 bridgehead atoms. The van der Waals surface area contributed by atoms with Crippen molar-refractivity contribution < 1.29 is 19.5 Å². The lowest BCUT2D eigenvalue weighted by molar-refractivity contribution is -0.141. The van der Waals surface area contributed by atoms with Gasteiger partial charge in [-0.1, -0.05) is 16.9 Å². The molecule has 2 amide bonds. The monoisotopic (exact) mass is 316 g/mol. The summed E-state index contributed by atoms with van der Waals surface area (Å²) in [7, 11) is 4.64. The molecule has 0 aromatic carbocycles. The second kappa shape index (κ2) is 9.95. The Morgan fingerprint density at radius 1 is 1.18 bits per heavy atom. The zero-order chi connectivity index (χ0) is 13.3. The molecule has 10 heteroatoms. The number of hydrogen-bond donors (Lipinski definition) is 3. The van der Waals surface area contributed by atoms with Gasteiger partial charge < -0.3 is 15.7 Å². The molecular formula is C7H14N2O4P2S2. The van der Waals surface area contributed by atoms with E-state index in [2.05, 4.69) is 27.5 Å². The fourth-order valence-corrected chi connectivity index (χ4v) is 2.53. The summed E-state index contributed by atoms with van der Waals surface area (Å²) in [6.07, 6.45) is 0. The minimum absolute atomic E-state index is 0.213. The highest BCUT2D eigenvalue weighted by atomic mass is 32.7. The van der Waals surface area contributed by atoms with Crippen molar-refractivity contribution in [3.63, 3.8) is 0 Å². The Bertz CT molecular complexity index is 293. The summed E-state index contributed by atoms with van der Waals surface area (Å²) in [4.78, 5) is 33.1. The number of hydrogen-bond acceptors (Lipinski definition) is 5. The summed E-state index contributed by atoms with van der Waals surface area (Å²) in [6.45, 7) is -0.213. The maximum absolute atomic E-state index is 11.3. The van der Waals surface area contributed by atoms with Crippen molar-refractivity contribution >= 4 is 57.4 Å². The SMILES string of the molecule is O=C(CSP)NCC(=O)NC(CSP)C(=O)O. The predicted molar refractivity (Wildman–Crippen MR) is 76.9 cm³/mol. The van der Waals surface area contributed by atoms with E-state index < -0.39 is 17.9 Å². The maximum Gasteiger partial charge on any atom is 0.327 e. The third-order valence-corrected chi connectivity index (χ3v) is 3.59. The van der Waals surface area contributed by atoms with E-state index in [1.807, 2.05) is 0 Å². The fourth-order valence-electron chi connectivity index (χ4n) is 0.822. The van der Waals surface area contributed by atoms with Gasteiger partial charge in [0.15, 0.2) is 0 Å². The molecule has 0 rings (SSSR count). The van der Waals surface area contributed by atoms with E-state index >= 15 is 0 Å². The lowest BCUT2D eigenvalue weighted by atomic mass is 10.3. The lowest BCUT2D eigenvalue weighted by Gasteiger charge is -2.13. The molecule has 17 heavy (non-hydrogen) atoms. The van der Waals surface area contributed by atoms with Crippen molar-refractivity contribution in [1.82, 2.24) is 10.6 Å². The van der Waals surface area contributed by atoms with Gasteiger partial charge in [-0.05, 0) is 0 Å². The summed E-state index contributed by atoms with van der Waals surface area (Å²) in [5.41, 5.74) is 0. The third-order valence-electron chi connectivity index (χ3n) is 1.56. The van der Waals surface area contributed by atoms with Gasteiger partial charge in [0.1, 0.15) is 6.04 Å². The molecular weight excluding hydrogens is 302 g/mol. The molecule has 0 aliphatic rings. The van der Waals surface area contributed by atoms with Gasteiger partial charge in [-0.25, -0.2) is 4.79 Å². The average molecular weight is 316 g/mol. The Morgan fingerprint density at radius 3 is 2.29 bits per heavy atom. The minimum Gasteiger partial charge on any atom is -0.480 e. The first-order chi connectivity index (χ1) is 8.01. The van der Waals surface area contributed by atoms with Gasteiger partial charge in [0.05, 0.1) is 12.3 Å². The van der Waals surface area contributed by atoms with Crippen LogP contribution in [0.1, 0.15) is 0 Å². The molecule has 0 radical (unpaired) electrons. The van der Waals surface area contributed by atoms with E-state index in [0.717, 1.165) is 0 Å². The molecule has 0 saturated heterocycles. The van der Waals surface area contributed by atoms with E-state index in [1.165, 1.54) is 22.8 Å². The number of rotatable bonds is 8. The number of carbonyl (C=O) groups is 3. The summed E-state index contributed by atoms with van der Waals surface area (Å²) >= 11 is 2.50. The number of nitrogens with one attached hydrogen (secondary N) is 2. The number of amides is 2. The molecule has 0 aromatic rings. The highest BCUT2D eigenvalue weighted by Crippen LogP contribution is 2.11. The molecule has 3 N–H and O–H groups in total. The van der Waals surface area contributed by atoms with Crippen LogP contribution in [-0.4, -0.2) is 47.0 Å². The first-order valence-electron chi connectivity index (χ1n) is 4.43. The second-order valence-corrected chi connectivity index (χ2v) is 6.17. The van der Waals surface area contributed by atoms with Crippen molar-refractivity contribution in [3.05, 3.63) is 0 Å². The first kappa shape index (κ1) is 17.0. The molecule has 3 unspecified atom stereocenters. The van der Waals surface area contributed by atoms with Crippen molar-refractivity contribution in [1.29, 1.82) is 0 Å². The molecule has 0 saturated carbocycles. The highest BCUT2D eigenvalue weighted by Gasteiger charge is 2.19. The molecule has 98 valence electrons. The van der Waals surface area contributed by atoms with Gasteiger partial charge in [0.2, 0.25) is 11.8 Å². The number of carbonyl (C=O) groups excluding carboxylic acids is 2. The summed E-state index contributed by atoms with van der Waals surface area (Å²) < 4.78 is 0. The average Bonchev–Trinajstić information content (AvgIpc) is 2.26. The highest BCUT2D eigenvalue weighted by molar-refractivity contribution is 8.44. The van der Waals surface area contributed by atoms with Crippen molar-refractivity contribution in [2.45, 2.75) is 6.04 Å². The number of aliphatic carboxylic acids is 1. The van der Waals surface area contributed by atoms with Crippen LogP contribution in [0.25, 0.3) is 0 Å². The van der Waals surface area contributed by atoms with Crippen LogP contribution in [0.3, 0.4) is 0 Å². The zero-order valence-corrected chi connectivity index (χ0v) is 12.8. The molecule has 6 nitrogen and oxygen atoms in total. The van der Waals surface area contributed by atoms with Gasteiger partial charge in [-0.15, -0.1) is 22.8 Å². The molecule has 3 atom stereocenters. The van der Waals surface area contributed by atoms with E-state index in [1.54, 1.807) is 0 Å². The molecule has 0 aliphatic heterocycles. The third kappa shape index (κ3) is 8.66. The van der Waals surface area contributed by atoms with Crippen LogP contribution in [-0.2, 0) is 14.4 Å². The van der Waals surface area contributed by atoms with Crippen LogP contribution in [0.4, 0.5) is 0 Å². The number of carboxylic acid groups (broad SMARTS) is 1. The largest absolute Gasteiger partial charge is 0.480 e. The molecule has 0 spiro atoms. The Hall–Kier alpha value is -0.0300. The van der Waals surface area contributed by atoms with Crippen LogP contribution in [0.15, 0.2) is 0 Å². The summed E-state index contributed by atoms with van der Waals surface area (Å²) in [5, 5.41) is 13.5. The van der Waals surface area contributed by atoms with Gasteiger partial charge in [0, 0.05) is 5.75 Å². The minimum atomic E-state index is -1.10. The van der Waals surface area contributed by atoms with Gasteiger partial charge in [-0.2, -0.15) is 0 Å². The van der Waals surface area contributed by atoms with Crippen LogP contribution in [0.5, 0.6) is 0 Å².